The van der Waals surface area contributed by atoms with E-state index in [0.717, 1.165) is 34.9 Å². The molecule has 2 fully saturated rings. The first-order valence-electron chi connectivity index (χ1n) is 11.9. The third-order valence-corrected chi connectivity index (χ3v) is 9.96. The maximum absolute atomic E-state index is 13.0. The van der Waals surface area contributed by atoms with E-state index in [9.17, 15) is 17.6 Å². The minimum atomic E-state index is -2.87. The minimum Gasteiger partial charge on any atom is -0.343 e. The molecule has 2 N–H and O–H groups in total. The molecule has 0 bridgehead atoms. The predicted octanol–water partition coefficient (Wildman–Crippen LogP) is 3.70. The second-order valence-corrected chi connectivity index (χ2v) is 13.4. The second-order valence-electron chi connectivity index (χ2n) is 11.3. The summed E-state index contributed by atoms with van der Waals surface area (Å²) in [7, 11) is -1.06. The lowest BCUT2D eigenvalue weighted by atomic mass is 9.63. The summed E-state index contributed by atoms with van der Waals surface area (Å²) < 4.78 is 36.0. The molecule has 1 saturated carbocycles. The molecule has 1 saturated heterocycles. The van der Waals surface area contributed by atoms with Crippen molar-refractivity contribution in [3.05, 3.63) is 58.6 Å². The molecular formula is C26H31FN4O3S. The Labute approximate surface area is 205 Å². The Morgan fingerprint density at radius 1 is 1.23 bits per heavy atom. The Balaban J connectivity index is 1.22. The molecule has 2 heterocycles. The molecule has 0 aromatic heterocycles. The highest BCUT2D eigenvalue weighted by molar-refractivity contribution is 7.92. The van der Waals surface area contributed by atoms with E-state index in [1.165, 1.54) is 0 Å². The fraction of sp³-hybridized carbons (Fsp3) is 0.500. The van der Waals surface area contributed by atoms with Crippen LogP contribution in [0.5, 0.6) is 0 Å². The van der Waals surface area contributed by atoms with Gasteiger partial charge >= 0.3 is 0 Å². The molecule has 1 aromatic carbocycles. The van der Waals surface area contributed by atoms with E-state index < -0.39 is 15.8 Å². The SMILES string of the molecule is CN(Cc1ccc([C@H]2CC(C)(C)C3=C2C=N/C(=C/C(=N)F)N3)cc1)C(=O)C1CC2(C1)CS(=O)(=O)C2. The van der Waals surface area contributed by atoms with Crippen LogP contribution in [0.2, 0.25) is 0 Å². The van der Waals surface area contributed by atoms with Crippen LogP contribution in [0.15, 0.2) is 52.4 Å². The van der Waals surface area contributed by atoms with Crippen LogP contribution in [0.4, 0.5) is 4.39 Å². The number of rotatable bonds is 5. The smallest absolute Gasteiger partial charge is 0.225 e. The second kappa shape index (κ2) is 8.11. The van der Waals surface area contributed by atoms with Gasteiger partial charge in [-0.1, -0.05) is 38.1 Å². The van der Waals surface area contributed by atoms with Crippen molar-refractivity contribution in [3.8, 4) is 0 Å². The fourth-order valence-corrected chi connectivity index (χ4v) is 8.53. The molecule has 1 atom stereocenters. The van der Waals surface area contributed by atoms with Gasteiger partial charge in [0.2, 0.25) is 11.9 Å². The van der Waals surface area contributed by atoms with Gasteiger partial charge in [0.15, 0.2) is 9.84 Å². The number of aliphatic imine (C=N–C) groups is 1. The van der Waals surface area contributed by atoms with Crippen LogP contribution in [0, 0.1) is 22.2 Å². The number of hydrogen-bond acceptors (Lipinski definition) is 6. The molecule has 1 aromatic rings. The van der Waals surface area contributed by atoms with Gasteiger partial charge in [0.1, 0.15) is 5.82 Å². The van der Waals surface area contributed by atoms with Crippen molar-refractivity contribution in [2.24, 2.45) is 21.7 Å². The Bertz CT molecular complexity index is 1270. The van der Waals surface area contributed by atoms with Crippen molar-refractivity contribution in [2.75, 3.05) is 18.6 Å². The molecular weight excluding hydrogens is 467 g/mol. The van der Waals surface area contributed by atoms with Crippen molar-refractivity contribution in [2.45, 2.75) is 45.6 Å². The monoisotopic (exact) mass is 498 g/mol. The number of hydrogen-bond donors (Lipinski definition) is 2. The highest BCUT2D eigenvalue weighted by atomic mass is 32.2. The summed E-state index contributed by atoms with van der Waals surface area (Å²) in [6.07, 6.45) is 5.10. The first-order valence-corrected chi connectivity index (χ1v) is 13.7. The lowest BCUT2D eigenvalue weighted by Crippen LogP contribution is -2.59. The normalized spacial score (nSPS) is 26.6. The van der Waals surface area contributed by atoms with E-state index in [2.05, 4.69) is 48.4 Å². The summed E-state index contributed by atoms with van der Waals surface area (Å²) in [5.41, 5.74) is 4.01. The molecule has 4 aliphatic rings. The molecule has 35 heavy (non-hydrogen) atoms. The first kappa shape index (κ1) is 23.9. The van der Waals surface area contributed by atoms with Gasteiger partial charge in [-0.2, -0.15) is 4.39 Å². The number of amides is 1. The quantitative estimate of drug-likeness (QED) is 0.604. The zero-order valence-corrected chi connectivity index (χ0v) is 21.1. The molecule has 2 aliphatic heterocycles. The van der Waals surface area contributed by atoms with Crippen molar-refractivity contribution >= 4 is 27.9 Å². The number of nitrogens with one attached hydrogen (secondary N) is 2. The van der Waals surface area contributed by atoms with E-state index in [1.807, 2.05) is 7.05 Å². The van der Waals surface area contributed by atoms with Crippen molar-refractivity contribution in [3.63, 3.8) is 0 Å². The van der Waals surface area contributed by atoms with Gasteiger partial charge in [-0.05, 0) is 41.4 Å². The topological polar surface area (TPSA) is 103 Å². The molecule has 1 amide bonds. The van der Waals surface area contributed by atoms with E-state index in [1.54, 1.807) is 11.1 Å². The highest BCUT2D eigenvalue weighted by Crippen LogP contribution is 2.54. The van der Waals surface area contributed by atoms with Crippen LogP contribution in [0.1, 0.15) is 50.2 Å². The Hall–Kier alpha value is -2.81. The standard InChI is InChI=1S/C26H31FN4O3S/c1-25(2)11-19(20-12-29-22(8-21(27)28)30-23(20)25)17-6-4-16(5-7-17)13-31(3)24(32)18-9-26(10-18)14-35(33,34)15-26/h4-8,12,18-19,28,30H,9-11,13-15H2,1-3H3/b22-8-,28-21?/t19-/m1/s1. The van der Waals surface area contributed by atoms with Gasteiger partial charge < -0.3 is 10.2 Å². The largest absolute Gasteiger partial charge is 0.343 e. The predicted molar refractivity (Wildman–Crippen MR) is 133 cm³/mol. The molecule has 9 heteroatoms. The maximum Gasteiger partial charge on any atom is 0.225 e. The average Bonchev–Trinajstić information content (AvgIpc) is 3.00. The zero-order valence-electron chi connectivity index (χ0n) is 20.3. The molecule has 7 nitrogen and oxygen atoms in total. The van der Waals surface area contributed by atoms with E-state index in [4.69, 9.17) is 5.41 Å². The van der Waals surface area contributed by atoms with Crippen LogP contribution < -0.4 is 5.32 Å². The van der Waals surface area contributed by atoms with Crippen LogP contribution in [0.3, 0.4) is 0 Å². The van der Waals surface area contributed by atoms with Gasteiger partial charge in [0.05, 0.1) is 11.5 Å². The van der Waals surface area contributed by atoms with Gasteiger partial charge in [-0.3, -0.25) is 10.2 Å². The van der Waals surface area contributed by atoms with E-state index in [-0.39, 0.29) is 40.1 Å². The third kappa shape index (κ3) is 4.46. The van der Waals surface area contributed by atoms with Crippen molar-refractivity contribution in [1.29, 1.82) is 5.41 Å². The Morgan fingerprint density at radius 3 is 2.49 bits per heavy atom. The van der Waals surface area contributed by atoms with Crippen molar-refractivity contribution in [1.82, 2.24) is 10.2 Å². The molecule has 0 unspecified atom stereocenters. The van der Waals surface area contributed by atoms with Crippen molar-refractivity contribution < 1.29 is 17.6 Å². The molecule has 5 rings (SSSR count). The lowest BCUT2D eigenvalue weighted by Gasteiger charge is -2.52. The van der Waals surface area contributed by atoms with Gasteiger partial charge in [0, 0.05) is 48.8 Å². The summed E-state index contributed by atoms with van der Waals surface area (Å²) in [6.45, 7) is 4.80. The first-order chi connectivity index (χ1) is 16.4. The number of carbonyl (C=O) groups is 1. The fourth-order valence-electron chi connectivity index (χ4n) is 6.28. The molecule has 2 aliphatic carbocycles. The number of sulfone groups is 1. The Kier molecular flexibility index (Phi) is 5.54. The zero-order chi connectivity index (χ0) is 25.2. The number of allylic oxidation sites excluding steroid dienone is 3. The van der Waals surface area contributed by atoms with E-state index in [0.29, 0.717) is 25.2 Å². The van der Waals surface area contributed by atoms with Gasteiger partial charge in [0.25, 0.3) is 0 Å². The summed E-state index contributed by atoms with van der Waals surface area (Å²) in [5, 5.41) is 10.3. The lowest BCUT2D eigenvalue weighted by molar-refractivity contribution is -0.141. The minimum absolute atomic E-state index is 0.0704. The molecule has 0 radical (unpaired) electrons. The van der Waals surface area contributed by atoms with Crippen LogP contribution in [0.25, 0.3) is 0 Å². The summed E-state index contributed by atoms with van der Waals surface area (Å²) in [5.74, 6) is -0.0477. The Morgan fingerprint density at radius 2 is 1.89 bits per heavy atom. The number of benzene rings is 1. The number of nitrogens with zero attached hydrogens (tertiary/aromatic N) is 2. The van der Waals surface area contributed by atoms with Crippen LogP contribution in [-0.2, 0) is 21.2 Å². The maximum atomic E-state index is 13.0. The van der Waals surface area contributed by atoms with Crippen LogP contribution in [-0.4, -0.2) is 50.0 Å². The molecule has 186 valence electrons. The molecule has 1 spiro atoms. The van der Waals surface area contributed by atoms with Crippen LogP contribution >= 0.6 is 0 Å². The van der Waals surface area contributed by atoms with E-state index >= 15 is 0 Å². The highest BCUT2D eigenvalue weighted by Gasteiger charge is 2.58. The number of carbonyl (C=O) groups excluding carboxylic acids is 1. The third-order valence-electron chi connectivity index (χ3n) is 7.85. The average molecular weight is 499 g/mol. The van der Waals surface area contributed by atoms with Gasteiger partial charge in [-0.15, -0.1) is 0 Å². The summed E-state index contributed by atoms with van der Waals surface area (Å²) in [4.78, 5) is 18.9. The summed E-state index contributed by atoms with van der Waals surface area (Å²) in [6, 6.07) is 8.29. The summed E-state index contributed by atoms with van der Waals surface area (Å²) >= 11 is 0. The number of halogens is 1. The van der Waals surface area contributed by atoms with Gasteiger partial charge in [-0.25, -0.2) is 13.4 Å².